The molecule has 5 rings (SSSR count). The summed E-state index contributed by atoms with van der Waals surface area (Å²) in [7, 11) is 3.58. The van der Waals surface area contributed by atoms with Crippen molar-refractivity contribution in [2.45, 2.75) is 6.42 Å². The molecule has 1 spiro atoms. The third-order valence-electron chi connectivity index (χ3n) is 6.22. The summed E-state index contributed by atoms with van der Waals surface area (Å²) in [6.07, 6.45) is 3.00. The van der Waals surface area contributed by atoms with Crippen LogP contribution >= 0.6 is 0 Å². The number of nitrogens with one attached hydrogen (secondary N) is 1. The second-order valence-corrected chi connectivity index (χ2v) is 8.41. The van der Waals surface area contributed by atoms with Crippen LogP contribution in [0.1, 0.15) is 6.42 Å². The molecule has 0 amide bonds. The zero-order chi connectivity index (χ0) is 21.3. The van der Waals surface area contributed by atoms with Crippen LogP contribution in [0.5, 0.6) is 11.6 Å². The Morgan fingerprint density at radius 2 is 2.10 bits per heavy atom. The molecule has 3 aromatic rings. The molecule has 4 heterocycles. The molecule has 7 nitrogen and oxygen atoms in total. The molecule has 2 fully saturated rings. The molecular formula is C24H28N4O3. The van der Waals surface area contributed by atoms with Crippen LogP contribution in [0.25, 0.3) is 22.2 Å². The highest BCUT2D eigenvalue weighted by atomic mass is 16.5. The zero-order valence-corrected chi connectivity index (χ0v) is 18.1. The fraction of sp³-hybridized carbons (Fsp3) is 0.417. The van der Waals surface area contributed by atoms with Gasteiger partial charge in [-0.25, -0.2) is 9.97 Å². The first kappa shape index (κ1) is 20.0. The molecule has 0 radical (unpaired) electrons. The largest absolute Gasteiger partial charge is 0.497 e. The Bertz CT molecular complexity index is 1070. The normalized spacial score (nSPS) is 17.2. The van der Waals surface area contributed by atoms with Crippen molar-refractivity contribution >= 4 is 16.6 Å². The Balaban J connectivity index is 1.50. The van der Waals surface area contributed by atoms with Crippen LogP contribution in [-0.2, 0) is 4.74 Å². The number of anilines is 1. The van der Waals surface area contributed by atoms with Gasteiger partial charge in [0.25, 0.3) is 0 Å². The fourth-order valence-corrected chi connectivity index (χ4v) is 4.37. The number of likely N-dealkylation sites (N-methyl/N-ethyl adjacent to an activating group) is 1. The molecule has 2 saturated heterocycles. The van der Waals surface area contributed by atoms with Crippen LogP contribution < -0.4 is 19.7 Å². The average Bonchev–Trinajstić information content (AvgIpc) is 3.25. The monoisotopic (exact) mass is 420 g/mol. The molecule has 7 heteroatoms. The lowest BCUT2D eigenvalue weighted by molar-refractivity contribution is -0.0985. The van der Waals surface area contributed by atoms with E-state index in [9.17, 15) is 0 Å². The van der Waals surface area contributed by atoms with E-state index in [0.29, 0.717) is 17.9 Å². The SMILES string of the molecule is CNCCOc1ccc(-c2cc(N3CCC4(COC4)C3)c3ccc(OC)cc3n2)cn1. The maximum absolute atomic E-state index is 5.65. The summed E-state index contributed by atoms with van der Waals surface area (Å²) >= 11 is 0. The molecule has 1 N–H and O–H groups in total. The molecular weight excluding hydrogens is 392 g/mol. The van der Waals surface area contributed by atoms with Crippen LogP contribution in [0.4, 0.5) is 5.69 Å². The van der Waals surface area contributed by atoms with Crippen LogP contribution in [0.3, 0.4) is 0 Å². The number of hydrogen-bond donors (Lipinski definition) is 1. The number of methoxy groups -OCH3 is 1. The zero-order valence-electron chi connectivity index (χ0n) is 18.1. The van der Waals surface area contributed by atoms with Gasteiger partial charge >= 0.3 is 0 Å². The van der Waals surface area contributed by atoms with Gasteiger partial charge in [0.2, 0.25) is 5.88 Å². The summed E-state index contributed by atoms with van der Waals surface area (Å²) in [5, 5.41) is 4.20. The highest BCUT2D eigenvalue weighted by Crippen LogP contribution is 2.42. The predicted octanol–water partition coefficient (Wildman–Crippen LogP) is 3.13. The second-order valence-electron chi connectivity index (χ2n) is 8.41. The van der Waals surface area contributed by atoms with E-state index in [4.69, 9.17) is 19.2 Å². The number of fused-ring (bicyclic) bond motifs is 1. The number of pyridine rings is 2. The first-order chi connectivity index (χ1) is 15.2. The fourth-order valence-electron chi connectivity index (χ4n) is 4.37. The quantitative estimate of drug-likeness (QED) is 0.589. The van der Waals surface area contributed by atoms with Gasteiger partial charge in [-0.15, -0.1) is 0 Å². The van der Waals surface area contributed by atoms with Crippen molar-refractivity contribution in [1.29, 1.82) is 0 Å². The third-order valence-corrected chi connectivity index (χ3v) is 6.22. The van der Waals surface area contributed by atoms with E-state index in [1.165, 1.54) is 12.1 Å². The molecule has 0 saturated carbocycles. The van der Waals surface area contributed by atoms with Gasteiger partial charge in [-0.1, -0.05) is 0 Å². The Hall–Kier alpha value is -2.90. The Morgan fingerprint density at radius 1 is 1.19 bits per heavy atom. The summed E-state index contributed by atoms with van der Waals surface area (Å²) in [5.74, 6) is 1.42. The highest BCUT2D eigenvalue weighted by Gasteiger charge is 2.44. The lowest BCUT2D eigenvalue weighted by Gasteiger charge is -2.38. The molecule has 31 heavy (non-hydrogen) atoms. The standard InChI is InChI=1S/C24H28N4O3/c1-25-8-10-31-23-6-3-17(13-26-23)20-12-22(28-9-7-24(14-28)15-30-16-24)19-5-4-18(29-2)11-21(19)27-20/h3-6,11-13,25H,7-10,14-16H2,1-2H3. The molecule has 0 atom stereocenters. The summed E-state index contributed by atoms with van der Waals surface area (Å²) in [5.41, 5.74) is 4.31. The van der Waals surface area contributed by atoms with Gasteiger partial charge in [-0.3, -0.25) is 0 Å². The van der Waals surface area contributed by atoms with E-state index in [2.05, 4.69) is 27.3 Å². The molecule has 0 aliphatic carbocycles. The van der Waals surface area contributed by atoms with Gasteiger partial charge in [-0.2, -0.15) is 0 Å². The van der Waals surface area contributed by atoms with Crippen molar-refractivity contribution in [2.75, 3.05) is 58.5 Å². The van der Waals surface area contributed by atoms with Gasteiger partial charge in [0, 0.05) is 60.0 Å². The molecule has 2 aliphatic rings. The van der Waals surface area contributed by atoms with Crippen molar-refractivity contribution in [2.24, 2.45) is 5.41 Å². The van der Waals surface area contributed by atoms with Crippen molar-refractivity contribution in [3.63, 3.8) is 0 Å². The van der Waals surface area contributed by atoms with Crippen LogP contribution in [0, 0.1) is 5.41 Å². The van der Waals surface area contributed by atoms with Gasteiger partial charge in [0.15, 0.2) is 0 Å². The topological polar surface area (TPSA) is 68.7 Å². The van der Waals surface area contributed by atoms with E-state index in [1.54, 1.807) is 7.11 Å². The maximum atomic E-state index is 5.65. The summed E-state index contributed by atoms with van der Waals surface area (Å²) in [4.78, 5) is 11.9. The molecule has 2 aliphatic heterocycles. The minimum Gasteiger partial charge on any atom is -0.497 e. The Kier molecular flexibility index (Phi) is 5.38. The van der Waals surface area contributed by atoms with Gasteiger partial charge < -0.3 is 24.4 Å². The molecule has 0 bridgehead atoms. The number of nitrogens with zero attached hydrogens (tertiary/aromatic N) is 3. The highest BCUT2D eigenvalue weighted by molar-refractivity contribution is 5.95. The molecule has 2 aromatic heterocycles. The minimum atomic E-state index is 0.316. The first-order valence-corrected chi connectivity index (χ1v) is 10.8. The van der Waals surface area contributed by atoms with E-state index in [1.807, 2.05) is 37.5 Å². The number of ether oxygens (including phenoxy) is 3. The van der Waals surface area contributed by atoms with E-state index >= 15 is 0 Å². The van der Waals surface area contributed by atoms with E-state index < -0.39 is 0 Å². The van der Waals surface area contributed by atoms with Crippen LogP contribution in [0.2, 0.25) is 0 Å². The smallest absolute Gasteiger partial charge is 0.213 e. The first-order valence-electron chi connectivity index (χ1n) is 10.8. The summed E-state index contributed by atoms with van der Waals surface area (Å²) < 4.78 is 16.6. The second kappa shape index (κ2) is 8.32. The van der Waals surface area contributed by atoms with E-state index in [0.717, 1.165) is 60.8 Å². The van der Waals surface area contributed by atoms with Crippen molar-refractivity contribution in [3.8, 4) is 22.9 Å². The third kappa shape index (κ3) is 3.91. The number of benzene rings is 1. The molecule has 1 aromatic carbocycles. The van der Waals surface area contributed by atoms with Crippen LogP contribution in [-0.4, -0.2) is 63.6 Å². The molecule has 0 unspecified atom stereocenters. The molecule has 162 valence electrons. The van der Waals surface area contributed by atoms with Crippen molar-refractivity contribution < 1.29 is 14.2 Å². The van der Waals surface area contributed by atoms with Crippen LogP contribution in [0.15, 0.2) is 42.6 Å². The lowest BCUT2D eigenvalue weighted by Crippen LogP contribution is -2.44. The minimum absolute atomic E-state index is 0.316. The summed E-state index contributed by atoms with van der Waals surface area (Å²) in [6, 6.07) is 12.2. The van der Waals surface area contributed by atoms with Crippen molar-refractivity contribution in [3.05, 3.63) is 42.6 Å². The number of aromatic nitrogens is 2. The lowest BCUT2D eigenvalue weighted by atomic mass is 9.85. The Labute approximate surface area is 182 Å². The Morgan fingerprint density at radius 3 is 2.77 bits per heavy atom. The maximum Gasteiger partial charge on any atom is 0.213 e. The van der Waals surface area contributed by atoms with E-state index in [-0.39, 0.29) is 0 Å². The average molecular weight is 421 g/mol. The number of rotatable bonds is 7. The van der Waals surface area contributed by atoms with Gasteiger partial charge in [0.1, 0.15) is 12.4 Å². The predicted molar refractivity (Wildman–Crippen MR) is 121 cm³/mol. The van der Waals surface area contributed by atoms with Gasteiger partial charge in [0.05, 0.1) is 31.5 Å². The summed E-state index contributed by atoms with van der Waals surface area (Å²) in [6.45, 7) is 5.15. The number of hydrogen-bond acceptors (Lipinski definition) is 7. The van der Waals surface area contributed by atoms with Gasteiger partial charge in [-0.05, 0) is 37.7 Å². The van der Waals surface area contributed by atoms with Crippen molar-refractivity contribution in [1.82, 2.24) is 15.3 Å².